The van der Waals surface area contributed by atoms with Crippen LogP contribution in [-0.4, -0.2) is 49.2 Å². The van der Waals surface area contributed by atoms with Crippen LogP contribution in [0.25, 0.3) is 5.69 Å². The molecule has 0 radical (unpaired) electrons. The first-order valence-corrected chi connectivity index (χ1v) is 9.85. The highest BCUT2D eigenvalue weighted by Gasteiger charge is 2.43. The molecule has 1 saturated heterocycles. The summed E-state index contributed by atoms with van der Waals surface area (Å²) in [6.45, 7) is 8.11. The van der Waals surface area contributed by atoms with Gasteiger partial charge in [-0.15, -0.1) is 0 Å². The van der Waals surface area contributed by atoms with Crippen LogP contribution in [-0.2, 0) is 5.60 Å². The molecule has 8 nitrogen and oxygen atoms in total. The number of likely N-dealkylation sites (tertiary alicyclic amines) is 1. The molecule has 1 aliphatic rings. The van der Waals surface area contributed by atoms with Crippen molar-refractivity contribution in [3.05, 3.63) is 90.0 Å². The number of benzene rings is 1. The first-order chi connectivity index (χ1) is 14.8. The molecule has 8 heteroatoms. The second kappa shape index (κ2) is 7.81. The van der Waals surface area contributed by atoms with Crippen molar-refractivity contribution < 1.29 is 9.90 Å². The van der Waals surface area contributed by atoms with Crippen LogP contribution >= 0.6 is 0 Å². The molecule has 1 fully saturated rings. The number of ketones is 1. The number of hydrogen-bond donors (Lipinski definition) is 2. The third-order valence-electron chi connectivity index (χ3n) is 5.54. The largest absolute Gasteiger partial charge is 0.382 e. The van der Waals surface area contributed by atoms with Crippen LogP contribution < -0.4 is 5.73 Å². The molecular formula is C23H24N6O2. The maximum atomic E-state index is 11.4. The molecule has 3 N–H and O–H groups in total. The van der Waals surface area contributed by atoms with Gasteiger partial charge in [-0.1, -0.05) is 30.8 Å². The van der Waals surface area contributed by atoms with Crippen molar-refractivity contribution in [3.63, 3.8) is 0 Å². The number of β-amino-alcohol motifs (C(OH)–C–C–N with tert-alkyl or cyclic N) is 1. The Morgan fingerprint density at radius 1 is 1.19 bits per heavy atom. The summed E-state index contributed by atoms with van der Waals surface area (Å²) in [6, 6.07) is 10.8. The van der Waals surface area contributed by atoms with E-state index in [4.69, 9.17) is 5.73 Å². The average molecular weight is 416 g/mol. The lowest BCUT2D eigenvalue weighted by Gasteiger charge is -2.47. The maximum absolute atomic E-state index is 11.4. The molecule has 158 valence electrons. The van der Waals surface area contributed by atoms with Gasteiger partial charge in [0.15, 0.2) is 11.6 Å². The van der Waals surface area contributed by atoms with E-state index in [1.165, 1.54) is 6.92 Å². The number of aromatic nitrogens is 3. The van der Waals surface area contributed by atoms with E-state index in [1.807, 2.05) is 28.5 Å². The number of carbonyl (C=O) groups is 1. The number of Topliss-reactive ketones (excluding diaryl/α,β-unsaturated/α-hetero) is 1. The Morgan fingerprint density at radius 3 is 2.45 bits per heavy atom. The van der Waals surface area contributed by atoms with Crippen molar-refractivity contribution in [1.29, 1.82) is 0 Å². The summed E-state index contributed by atoms with van der Waals surface area (Å²) < 4.78 is 1.91. The van der Waals surface area contributed by atoms with E-state index in [2.05, 4.69) is 21.5 Å². The molecule has 0 bridgehead atoms. The molecule has 3 heterocycles. The van der Waals surface area contributed by atoms with E-state index < -0.39 is 5.60 Å². The van der Waals surface area contributed by atoms with Gasteiger partial charge in [-0.05, 0) is 31.5 Å². The summed E-state index contributed by atoms with van der Waals surface area (Å²) in [5, 5.41) is 10.9. The summed E-state index contributed by atoms with van der Waals surface area (Å²) in [5.41, 5.74) is 8.93. The Balaban J connectivity index is 1.45. The van der Waals surface area contributed by atoms with Gasteiger partial charge in [0.1, 0.15) is 23.4 Å². The third-order valence-corrected chi connectivity index (χ3v) is 5.54. The Kier molecular flexibility index (Phi) is 5.16. The van der Waals surface area contributed by atoms with Gasteiger partial charge in [0, 0.05) is 23.6 Å². The number of aliphatic imine (C=N–C) groups is 1. The van der Waals surface area contributed by atoms with Gasteiger partial charge in [-0.25, -0.2) is 9.98 Å². The molecule has 1 aliphatic heterocycles. The Morgan fingerprint density at radius 2 is 1.84 bits per heavy atom. The molecule has 31 heavy (non-hydrogen) atoms. The summed E-state index contributed by atoms with van der Waals surface area (Å²) in [5.74, 6) is 0.714. The van der Waals surface area contributed by atoms with Crippen LogP contribution in [0, 0.1) is 6.92 Å². The molecule has 2 aromatic heterocycles. The molecule has 0 aliphatic carbocycles. The first kappa shape index (κ1) is 20.5. The van der Waals surface area contributed by atoms with E-state index >= 15 is 0 Å². The van der Waals surface area contributed by atoms with Crippen molar-refractivity contribution in [2.45, 2.75) is 19.4 Å². The number of hydrogen-bond acceptors (Lipinski definition) is 6. The van der Waals surface area contributed by atoms with Crippen molar-refractivity contribution in [2.24, 2.45) is 10.7 Å². The summed E-state index contributed by atoms with van der Waals surface area (Å²) >= 11 is 0. The number of nitrogens with zero attached hydrogens (tertiary/aromatic N) is 5. The summed E-state index contributed by atoms with van der Waals surface area (Å²) in [4.78, 5) is 26.1. The lowest BCUT2D eigenvalue weighted by molar-refractivity contribution is -0.0880. The molecule has 0 spiro atoms. The average Bonchev–Trinajstić information content (AvgIpc) is 3.13. The van der Waals surface area contributed by atoms with Gasteiger partial charge in [0.2, 0.25) is 0 Å². The highest BCUT2D eigenvalue weighted by Crippen LogP contribution is 2.34. The summed E-state index contributed by atoms with van der Waals surface area (Å²) in [7, 11) is 0. The van der Waals surface area contributed by atoms with Crippen LogP contribution in [0.1, 0.15) is 34.2 Å². The number of carbonyl (C=O) groups excluding carboxylic acids is 1. The third kappa shape index (κ3) is 3.85. The predicted octanol–water partition coefficient (Wildman–Crippen LogP) is 2.16. The molecule has 0 unspecified atom stereocenters. The predicted molar refractivity (Wildman–Crippen MR) is 118 cm³/mol. The van der Waals surface area contributed by atoms with Gasteiger partial charge in [-0.2, -0.15) is 0 Å². The normalized spacial score (nSPS) is 15.5. The lowest BCUT2D eigenvalue weighted by Crippen LogP contribution is -2.58. The van der Waals surface area contributed by atoms with Crippen LogP contribution in [0.4, 0.5) is 0 Å². The fourth-order valence-electron chi connectivity index (χ4n) is 3.65. The van der Waals surface area contributed by atoms with E-state index in [0.717, 1.165) is 16.9 Å². The van der Waals surface area contributed by atoms with Crippen molar-refractivity contribution in [2.75, 3.05) is 13.1 Å². The second-order valence-electron chi connectivity index (χ2n) is 7.69. The smallest absolute Gasteiger partial charge is 0.159 e. The maximum Gasteiger partial charge on any atom is 0.159 e. The standard InChI is InChI=1S/C23H24N6O2/c1-15-21(26-14-29(15)20-8-10-25-11-9-20)22(24)27-17(3)28-12-23(31,13-28)19-6-4-18(5-7-19)16(2)30/h4-11,14,31H,3,12-13H2,1-2H3,(H2,24,27). The van der Waals surface area contributed by atoms with Gasteiger partial charge in [-0.3, -0.25) is 9.78 Å². The van der Waals surface area contributed by atoms with Gasteiger partial charge in [0.25, 0.3) is 0 Å². The fourth-order valence-corrected chi connectivity index (χ4v) is 3.65. The summed E-state index contributed by atoms with van der Waals surface area (Å²) in [6.07, 6.45) is 5.12. The van der Waals surface area contributed by atoms with Crippen LogP contribution in [0.15, 0.2) is 72.5 Å². The highest BCUT2D eigenvalue weighted by molar-refractivity contribution is 5.97. The number of nitrogens with two attached hydrogens (primary N) is 1. The zero-order chi connectivity index (χ0) is 22.2. The van der Waals surface area contributed by atoms with Crippen LogP contribution in [0.5, 0.6) is 0 Å². The number of rotatable bonds is 6. The Labute approximate surface area is 180 Å². The Hall–Kier alpha value is -3.78. The molecule has 0 saturated carbocycles. The van der Waals surface area contributed by atoms with E-state index in [9.17, 15) is 9.90 Å². The van der Waals surface area contributed by atoms with Crippen molar-refractivity contribution in [3.8, 4) is 5.69 Å². The van der Waals surface area contributed by atoms with Crippen molar-refractivity contribution in [1.82, 2.24) is 19.4 Å². The minimum atomic E-state index is -1.01. The SMILES string of the molecule is C=C(/N=C(/N)c1ncn(-c2ccncc2)c1C)N1CC(O)(c2ccc(C(C)=O)cc2)C1. The second-order valence-corrected chi connectivity index (χ2v) is 7.69. The van der Waals surface area contributed by atoms with E-state index in [-0.39, 0.29) is 11.6 Å². The van der Waals surface area contributed by atoms with Crippen LogP contribution in [0.3, 0.4) is 0 Å². The number of pyridine rings is 1. The zero-order valence-corrected chi connectivity index (χ0v) is 17.5. The van der Waals surface area contributed by atoms with Gasteiger partial charge in [0.05, 0.1) is 18.8 Å². The number of imidazole rings is 1. The lowest BCUT2D eigenvalue weighted by atomic mass is 9.85. The van der Waals surface area contributed by atoms with E-state index in [0.29, 0.717) is 30.2 Å². The van der Waals surface area contributed by atoms with Crippen LogP contribution in [0.2, 0.25) is 0 Å². The fraction of sp³-hybridized carbons (Fsp3) is 0.217. The number of amidine groups is 1. The molecule has 4 rings (SSSR count). The molecule has 0 amide bonds. The molecule has 1 aromatic carbocycles. The molecule has 3 aromatic rings. The van der Waals surface area contributed by atoms with Crippen molar-refractivity contribution >= 4 is 11.6 Å². The van der Waals surface area contributed by atoms with Gasteiger partial charge >= 0.3 is 0 Å². The first-order valence-electron chi connectivity index (χ1n) is 9.85. The monoisotopic (exact) mass is 416 g/mol. The Bertz CT molecular complexity index is 1160. The molecular weight excluding hydrogens is 392 g/mol. The minimum absolute atomic E-state index is 0.00590. The van der Waals surface area contributed by atoms with Gasteiger partial charge < -0.3 is 20.3 Å². The molecule has 0 atom stereocenters. The minimum Gasteiger partial charge on any atom is -0.382 e. The van der Waals surface area contributed by atoms with E-state index in [1.54, 1.807) is 43.0 Å². The number of aliphatic hydroxyl groups is 1. The quantitative estimate of drug-likeness (QED) is 0.362. The highest BCUT2D eigenvalue weighted by atomic mass is 16.3. The zero-order valence-electron chi connectivity index (χ0n) is 17.5. The topological polar surface area (TPSA) is 110 Å².